The number of nitrogens with zero attached hydrogens (tertiary/aromatic N) is 3. The van der Waals surface area contributed by atoms with Gasteiger partial charge in [-0.1, -0.05) is 24.3 Å². The Kier molecular flexibility index (Phi) is 5.90. The third-order valence-electron chi connectivity index (χ3n) is 5.50. The van der Waals surface area contributed by atoms with Gasteiger partial charge in [-0.25, -0.2) is 13.6 Å². The molecule has 1 aliphatic rings. The number of benzene rings is 2. The number of primary sulfonamides is 1. The summed E-state index contributed by atoms with van der Waals surface area (Å²) in [4.78, 5) is 21.5. The molecule has 1 aliphatic heterocycles. The number of fused-ring (bicyclic) bond motifs is 1. The molecular weight excluding hydrogens is 416 g/mol. The second-order valence-electron chi connectivity index (χ2n) is 7.47. The average Bonchev–Trinajstić information content (AvgIpc) is 2.78. The summed E-state index contributed by atoms with van der Waals surface area (Å²) >= 11 is 0. The van der Waals surface area contributed by atoms with Gasteiger partial charge >= 0.3 is 0 Å². The molecule has 162 valence electrons. The summed E-state index contributed by atoms with van der Waals surface area (Å²) < 4.78 is 28.7. The third-order valence-corrected chi connectivity index (χ3v) is 6.41. The lowest BCUT2D eigenvalue weighted by atomic mass is 10.1. The van der Waals surface area contributed by atoms with Crippen molar-refractivity contribution in [1.82, 2.24) is 14.8 Å². The van der Waals surface area contributed by atoms with Crippen LogP contribution in [0.25, 0.3) is 10.9 Å². The Bertz CT molecular complexity index is 1220. The maximum atomic E-state index is 13.1. The van der Waals surface area contributed by atoms with Crippen molar-refractivity contribution in [2.24, 2.45) is 5.14 Å². The molecule has 2 aromatic carbocycles. The molecule has 1 amide bonds. The highest BCUT2D eigenvalue weighted by Gasteiger charge is 2.26. The monoisotopic (exact) mass is 440 g/mol. The molecule has 0 bridgehead atoms. The van der Waals surface area contributed by atoms with Gasteiger partial charge in [0.2, 0.25) is 10.0 Å². The Hall–Kier alpha value is -3.01. The van der Waals surface area contributed by atoms with Crippen molar-refractivity contribution in [3.05, 3.63) is 65.9 Å². The van der Waals surface area contributed by atoms with Crippen molar-refractivity contribution in [3.8, 4) is 5.75 Å². The fourth-order valence-corrected chi connectivity index (χ4v) is 4.39. The summed E-state index contributed by atoms with van der Waals surface area (Å²) in [6.45, 7) is 3.21. The van der Waals surface area contributed by atoms with Crippen LogP contribution in [0, 0.1) is 0 Å². The Morgan fingerprint density at radius 2 is 1.84 bits per heavy atom. The number of aromatic nitrogens is 1. The minimum Gasteiger partial charge on any atom is -0.496 e. The van der Waals surface area contributed by atoms with E-state index in [1.54, 1.807) is 11.1 Å². The molecule has 9 heteroatoms. The quantitative estimate of drug-likeness (QED) is 0.649. The Morgan fingerprint density at radius 1 is 1.10 bits per heavy atom. The SMILES string of the molecule is COc1ccc(S(N)(=O)=O)cc1C(=O)N1CCN(Cc2cccc3cccnc23)CC1. The van der Waals surface area contributed by atoms with Gasteiger partial charge in [0.15, 0.2) is 0 Å². The van der Waals surface area contributed by atoms with Crippen LogP contribution in [0.5, 0.6) is 5.75 Å². The number of piperazine rings is 1. The van der Waals surface area contributed by atoms with Gasteiger partial charge in [-0.15, -0.1) is 0 Å². The Labute approximate surface area is 181 Å². The molecule has 8 nitrogen and oxygen atoms in total. The number of para-hydroxylation sites is 1. The predicted octanol–water partition coefficient (Wildman–Crippen LogP) is 1.85. The van der Waals surface area contributed by atoms with E-state index in [-0.39, 0.29) is 16.4 Å². The number of sulfonamides is 1. The first kappa shape index (κ1) is 21.2. The molecule has 0 atom stereocenters. The van der Waals surface area contributed by atoms with Crippen molar-refractivity contribution in [1.29, 1.82) is 0 Å². The van der Waals surface area contributed by atoms with Gasteiger partial charge in [0, 0.05) is 44.3 Å². The maximum Gasteiger partial charge on any atom is 0.257 e. The topological polar surface area (TPSA) is 106 Å². The van der Waals surface area contributed by atoms with Crippen LogP contribution >= 0.6 is 0 Å². The molecule has 1 aromatic heterocycles. The number of methoxy groups -OCH3 is 1. The van der Waals surface area contributed by atoms with Crippen LogP contribution < -0.4 is 9.88 Å². The lowest BCUT2D eigenvalue weighted by Gasteiger charge is -2.35. The van der Waals surface area contributed by atoms with Crippen LogP contribution in [0.4, 0.5) is 0 Å². The molecule has 1 saturated heterocycles. The van der Waals surface area contributed by atoms with Gasteiger partial charge in [0.25, 0.3) is 5.91 Å². The van der Waals surface area contributed by atoms with Gasteiger partial charge in [0.05, 0.1) is 23.1 Å². The van der Waals surface area contributed by atoms with E-state index in [1.807, 2.05) is 24.3 Å². The van der Waals surface area contributed by atoms with Gasteiger partial charge in [0.1, 0.15) is 5.75 Å². The smallest absolute Gasteiger partial charge is 0.257 e. The van der Waals surface area contributed by atoms with Crippen molar-refractivity contribution < 1.29 is 17.9 Å². The summed E-state index contributed by atoms with van der Waals surface area (Å²) in [5.41, 5.74) is 2.34. The molecule has 2 heterocycles. The third kappa shape index (κ3) is 4.53. The van der Waals surface area contributed by atoms with Crippen molar-refractivity contribution >= 4 is 26.8 Å². The van der Waals surface area contributed by atoms with Crippen LogP contribution in [0.3, 0.4) is 0 Å². The van der Waals surface area contributed by atoms with E-state index in [2.05, 4.69) is 16.0 Å². The summed E-state index contributed by atoms with van der Waals surface area (Å²) in [5, 5.41) is 6.33. The van der Waals surface area contributed by atoms with E-state index >= 15 is 0 Å². The summed E-state index contributed by atoms with van der Waals surface area (Å²) in [5.74, 6) is 0.0514. The van der Waals surface area contributed by atoms with Crippen molar-refractivity contribution in [2.45, 2.75) is 11.4 Å². The maximum absolute atomic E-state index is 13.1. The number of carbonyl (C=O) groups excluding carboxylic acids is 1. The minimum atomic E-state index is -3.92. The van der Waals surface area contributed by atoms with Crippen LogP contribution in [-0.4, -0.2) is 62.4 Å². The molecule has 31 heavy (non-hydrogen) atoms. The van der Waals surface area contributed by atoms with E-state index in [0.717, 1.165) is 23.0 Å². The summed E-state index contributed by atoms with van der Waals surface area (Å²) in [7, 11) is -2.47. The normalized spacial score (nSPS) is 15.2. The number of hydrogen-bond donors (Lipinski definition) is 1. The number of pyridine rings is 1. The number of amides is 1. The zero-order chi connectivity index (χ0) is 22.0. The second kappa shape index (κ2) is 8.62. The van der Waals surface area contributed by atoms with E-state index in [0.29, 0.717) is 31.9 Å². The van der Waals surface area contributed by atoms with Crippen LogP contribution in [0.15, 0.2) is 59.6 Å². The molecular formula is C22H24N4O4S. The van der Waals surface area contributed by atoms with E-state index in [1.165, 1.54) is 25.3 Å². The zero-order valence-corrected chi connectivity index (χ0v) is 18.0. The molecule has 0 aliphatic carbocycles. The Balaban J connectivity index is 1.47. The lowest BCUT2D eigenvalue weighted by molar-refractivity contribution is 0.0625. The number of rotatable bonds is 5. The summed E-state index contributed by atoms with van der Waals surface area (Å²) in [6.07, 6.45) is 1.80. The standard InChI is InChI=1S/C22H24N4O4S/c1-30-20-8-7-18(31(23,28)29)14-19(20)22(27)26-12-10-25(11-13-26)15-17-5-2-4-16-6-3-9-24-21(16)17/h2-9,14H,10-13,15H2,1H3,(H2,23,28,29). The van der Waals surface area contributed by atoms with Gasteiger partial charge in [-0.05, 0) is 29.8 Å². The zero-order valence-electron chi connectivity index (χ0n) is 17.2. The largest absolute Gasteiger partial charge is 0.496 e. The van der Waals surface area contributed by atoms with Crippen LogP contribution in [0.1, 0.15) is 15.9 Å². The molecule has 0 radical (unpaired) electrons. The molecule has 0 unspecified atom stereocenters. The highest BCUT2D eigenvalue weighted by atomic mass is 32.2. The highest BCUT2D eigenvalue weighted by Crippen LogP contribution is 2.24. The fraction of sp³-hybridized carbons (Fsp3) is 0.273. The average molecular weight is 441 g/mol. The van der Waals surface area contributed by atoms with Crippen LogP contribution in [-0.2, 0) is 16.6 Å². The first-order valence-corrected chi connectivity index (χ1v) is 11.5. The number of nitrogens with two attached hydrogens (primary N) is 1. The Morgan fingerprint density at radius 3 is 2.55 bits per heavy atom. The van der Waals surface area contributed by atoms with Crippen molar-refractivity contribution in [3.63, 3.8) is 0 Å². The molecule has 0 saturated carbocycles. The predicted molar refractivity (Wildman–Crippen MR) is 117 cm³/mol. The number of carbonyl (C=O) groups is 1. The van der Waals surface area contributed by atoms with E-state index in [9.17, 15) is 13.2 Å². The van der Waals surface area contributed by atoms with Gasteiger partial charge in [-0.2, -0.15) is 0 Å². The van der Waals surface area contributed by atoms with E-state index < -0.39 is 10.0 Å². The lowest BCUT2D eigenvalue weighted by Crippen LogP contribution is -2.48. The fourth-order valence-electron chi connectivity index (χ4n) is 3.85. The second-order valence-corrected chi connectivity index (χ2v) is 9.03. The molecule has 2 N–H and O–H groups in total. The minimum absolute atomic E-state index is 0.112. The molecule has 3 aromatic rings. The van der Waals surface area contributed by atoms with Crippen LogP contribution in [0.2, 0.25) is 0 Å². The molecule has 1 fully saturated rings. The van der Waals surface area contributed by atoms with Crippen molar-refractivity contribution in [2.75, 3.05) is 33.3 Å². The first-order chi connectivity index (χ1) is 14.9. The number of hydrogen-bond acceptors (Lipinski definition) is 6. The van der Waals surface area contributed by atoms with Gasteiger partial charge < -0.3 is 9.64 Å². The number of ether oxygens (including phenoxy) is 1. The van der Waals surface area contributed by atoms with Gasteiger partial charge in [-0.3, -0.25) is 14.7 Å². The first-order valence-electron chi connectivity index (χ1n) is 9.92. The summed E-state index contributed by atoms with van der Waals surface area (Å²) in [6, 6.07) is 14.2. The van der Waals surface area contributed by atoms with E-state index in [4.69, 9.17) is 9.88 Å². The highest BCUT2D eigenvalue weighted by molar-refractivity contribution is 7.89. The molecule has 4 rings (SSSR count). The molecule has 0 spiro atoms.